The van der Waals surface area contributed by atoms with Crippen LogP contribution in [0.5, 0.6) is 0 Å². The van der Waals surface area contributed by atoms with Crippen LogP contribution in [0.15, 0.2) is 0 Å². The number of hydrogen-bond acceptors (Lipinski definition) is 6. The minimum atomic E-state index is -1.12. The van der Waals surface area contributed by atoms with Gasteiger partial charge in [0, 0.05) is 13.1 Å². The fourth-order valence-corrected chi connectivity index (χ4v) is 3.64. The molecule has 0 saturated carbocycles. The molecule has 1 N–H and O–H groups in total. The van der Waals surface area contributed by atoms with Gasteiger partial charge in [0.15, 0.2) is 5.69 Å². The van der Waals surface area contributed by atoms with Crippen molar-refractivity contribution in [3.63, 3.8) is 0 Å². The van der Waals surface area contributed by atoms with E-state index in [1.807, 2.05) is 32.5 Å². The molecule has 0 spiro atoms. The minimum Gasteiger partial charge on any atom is -0.476 e. The first-order valence-electron chi connectivity index (χ1n) is 8.98. The van der Waals surface area contributed by atoms with Crippen LogP contribution in [-0.2, 0) is 11.3 Å². The van der Waals surface area contributed by atoms with E-state index in [2.05, 4.69) is 17.2 Å². The van der Waals surface area contributed by atoms with Crippen LogP contribution >= 0.6 is 11.8 Å². The van der Waals surface area contributed by atoms with Gasteiger partial charge in [-0.1, -0.05) is 12.1 Å². The maximum Gasteiger partial charge on any atom is 0.410 e. The molecular weight excluding hydrogens is 356 g/mol. The fourth-order valence-electron chi connectivity index (χ4n) is 3.02. The summed E-state index contributed by atoms with van der Waals surface area (Å²) in [5, 5.41) is 17.4. The summed E-state index contributed by atoms with van der Waals surface area (Å²) in [6, 6.07) is -0.371. The lowest BCUT2D eigenvalue weighted by Crippen LogP contribution is -2.37. The number of aromatic carboxylic acids is 1. The molecule has 0 aliphatic carbocycles. The number of carbonyl (C=O) groups excluding carboxylic acids is 1. The van der Waals surface area contributed by atoms with Crippen molar-refractivity contribution >= 4 is 23.8 Å². The molecule has 1 fully saturated rings. The number of aromatic nitrogens is 3. The van der Waals surface area contributed by atoms with Crippen LogP contribution in [0.3, 0.4) is 0 Å². The number of rotatable bonds is 7. The second-order valence-corrected chi connectivity index (χ2v) is 8.63. The third-order valence-electron chi connectivity index (χ3n) is 4.04. The molecular formula is C17H28N4O4S. The van der Waals surface area contributed by atoms with Crippen LogP contribution in [0.2, 0.25) is 0 Å². The molecule has 2 heterocycles. The third-order valence-corrected chi connectivity index (χ3v) is 5.02. The predicted molar refractivity (Wildman–Crippen MR) is 99.5 cm³/mol. The Bertz CT molecular complexity index is 641. The number of ether oxygens (including phenoxy) is 1. The summed E-state index contributed by atoms with van der Waals surface area (Å²) in [6.07, 6.45) is 1.91. The van der Waals surface area contributed by atoms with Crippen LogP contribution in [0, 0.1) is 0 Å². The number of carbonyl (C=O) groups is 2. The zero-order valence-electron chi connectivity index (χ0n) is 15.9. The molecule has 26 heavy (non-hydrogen) atoms. The highest BCUT2D eigenvalue weighted by molar-refractivity contribution is 7.99. The number of aryl methyl sites for hydroxylation is 1. The van der Waals surface area contributed by atoms with Crippen molar-refractivity contribution in [1.82, 2.24) is 19.9 Å². The van der Waals surface area contributed by atoms with Crippen LogP contribution < -0.4 is 0 Å². The highest BCUT2D eigenvalue weighted by Gasteiger charge is 2.38. The average Bonchev–Trinajstić information content (AvgIpc) is 3.16. The van der Waals surface area contributed by atoms with Crippen molar-refractivity contribution < 1.29 is 19.4 Å². The van der Waals surface area contributed by atoms with Crippen LogP contribution in [0.1, 0.15) is 69.2 Å². The topological polar surface area (TPSA) is 97.5 Å². The quantitative estimate of drug-likeness (QED) is 0.721. The van der Waals surface area contributed by atoms with Gasteiger partial charge in [0.25, 0.3) is 0 Å². The van der Waals surface area contributed by atoms with Gasteiger partial charge in [-0.3, -0.25) is 4.90 Å². The lowest BCUT2D eigenvalue weighted by Gasteiger charge is -2.29. The highest BCUT2D eigenvalue weighted by Crippen LogP contribution is 2.34. The first kappa shape index (κ1) is 20.5. The summed E-state index contributed by atoms with van der Waals surface area (Å²) in [6.45, 7) is 8.67. The van der Waals surface area contributed by atoms with Gasteiger partial charge in [-0.15, -0.1) is 5.10 Å². The molecule has 1 amide bonds. The van der Waals surface area contributed by atoms with Gasteiger partial charge >= 0.3 is 12.1 Å². The van der Waals surface area contributed by atoms with Crippen molar-refractivity contribution in [1.29, 1.82) is 0 Å². The van der Waals surface area contributed by atoms with E-state index in [4.69, 9.17) is 4.74 Å². The standard InChI is InChI=1S/C17H28N4O4S/c1-5-26-11-7-10-21-14(13(15(22)23)18-19-21)12-8-6-9-20(12)16(24)25-17(2,3)4/h12H,5-11H2,1-4H3,(H,22,23). The van der Waals surface area contributed by atoms with Crippen molar-refractivity contribution in [3.05, 3.63) is 11.4 Å². The van der Waals surface area contributed by atoms with Gasteiger partial charge in [-0.25, -0.2) is 14.3 Å². The Labute approximate surface area is 158 Å². The van der Waals surface area contributed by atoms with Crippen LogP contribution in [-0.4, -0.2) is 60.7 Å². The van der Waals surface area contributed by atoms with Crippen molar-refractivity contribution in [2.24, 2.45) is 0 Å². The van der Waals surface area contributed by atoms with Crippen molar-refractivity contribution in [3.8, 4) is 0 Å². The summed E-state index contributed by atoms with van der Waals surface area (Å²) in [5.41, 5.74) is -0.175. The predicted octanol–water partition coefficient (Wildman–Crippen LogP) is 3.19. The monoisotopic (exact) mass is 384 g/mol. The van der Waals surface area contributed by atoms with E-state index in [0.29, 0.717) is 25.2 Å². The first-order chi connectivity index (χ1) is 12.2. The molecule has 2 rings (SSSR count). The van der Waals surface area contributed by atoms with Crippen molar-refractivity contribution in [2.45, 2.75) is 65.1 Å². The van der Waals surface area contributed by atoms with Gasteiger partial charge in [-0.2, -0.15) is 11.8 Å². The summed E-state index contributed by atoms with van der Waals surface area (Å²) in [5.74, 6) is 0.892. The van der Waals surface area contributed by atoms with Gasteiger partial charge in [0.1, 0.15) is 5.60 Å². The first-order valence-corrected chi connectivity index (χ1v) is 10.1. The molecule has 0 bridgehead atoms. The number of hydrogen-bond donors (Lipinski definition) is 1. The van der Waals surface area contributed by atoms with Crippen LogP contribution in [0.4, 0.5) is 4.79 Å². The molecule has 1 unspecified atom stereocenters. The van der Waals surface area contributed by atoms with E-state index in [-0.39, 0.29) is 11.7 Å². The second kappa shape index (κ2) is 8.75. The molecule has 1 aromatic heterocycles. The maximum atomic E-state index is 12.6. The highest BCUT2D eigenvalue weighted by atomic mass is 32.2. The molecule has 9 heteroatoms. The number of nitrogens with zero attached hydrogens (tertiary/aromatic N) is 4. The van der Waals surface area contributed by atoms with Crippen LogP contribution in [0.25, 0.3) is 0 Å². The smallest absolute Gasteiger partial charge is 0.410 e. The second-order valence-electron chi connectivity index (χ2n) is 7.23. The maximum absolute atomic E-state index is 12.6. The Morgan fingerprint density at radius 2 is 2.12 bits per heavy atom. The third kappa shape index (κ3) is 5.12. The van der Waals surface area contributed by atoms with E-state index >= 15 is 0 Å². The van der Waals surface area contributed by atoms with Gasteiger partial charge in [-0.05, 0) is 51.5 Å². The van der Waals surface area contributed by atoms with Gasteiger partial charge in [0.05, 0.1) is 11.7 Å². The normalized spacial score (nSPS) is 17.5. The molecule has 0 aromatic carbocycles. The zero-order chi connectivity index (χ0) is 19.3. The lowest BCUT2D eigenvalue weighted by molar-refractivity contribution is 0.0215. The Kier molecular flexibility index (Phi) is 6.91. The van der Waals surface area contributed by atoms with E-state index in [9.17, 15) is 14.7 Å². The Balaban J connectivity index is 2.24. The summed E-state index contributed by atoms with van der Waals surface area (Å²) in [4.78, 5) is 25.8. The molecule has 1 aliphatic heterocycles. The van der Waals surface area contributed by atoms with E-state index in [1.165, 1.54) is 0 Å². The number of thioether (sulfide) groups is 1. The molecule has 146 valence electrons. The van der Waals surface area contributed by atoms with E-state index < -0.39 is 17.7 Å². The van der Waals surface area contributed by atoms with Crippen molar-refractivity contribution in [2.75, 3.05) is 18.1 Å². The summed E-state index contributed by atoms with van der Waals surface area (Å²) < 4.78 is 7.14. The summed E-state index contributed by atoms with van der Waals surface area (Å²) in [7, 11) is 0. The van der Waals surface area contributed by atoms with E-state index in [0.717, 1.165) is 24.3 Å². The molecule has 8 nitrogen and oxygen atoms in total. The average molecular weight is 385 g/mol. The molecule has 1 atom stereocenters. The Morgan fingerprint density at radius 3 is 2.73 bits per heavy atom. The van der Waals surface area contributed by atoms with E-state index in [1.54, 1.807) is 9.58 Å². The Morgan fingerprint density at radius 1 is 1.38 bits per heavy atom. The Hall–Kier alpha value is -1.77. The fraction of sp³-hybridized carbons (Fsp3) is 0.765. The largest absolute Gasteiger partial charge is 0.476 e. The van der Waals surface area contributed by atoms with Gasteiger partial charge in [0.2, 0.25) is 0 Å². The van der Waals surface area contributed by atoms with Gasteiger partial charge < -0.3 is 9.84 Å². The molecule has 1 aromatic rings. The number of amides is 1. The number of likely N-dealkylation sites (tertiary alicyclic amines) is 1. The molecule has 1 aliphatic rings. The zero-order valence-corrected chi connectivity index (χ0v) is 16.7. The summed E-state index contributed by atoms with van der Waals surface area (Å²) >= 11 is 1.83. The number of carboxylic acids is 1. The minimum absolute atomic E-state index is 0.0754. The SMILES string of the molecule is CCSCCCn1nnc(C(=O)O)c1C1CCCN1C(=O)OC(C)(C)C. The lowest BCUT2D eigenvalue weighted by atomic mass is 10.1. The number of carboxylic acid groups (broad SMARTS) is 1. The molecule has 1 saturated heterocycles. The molecule has 0 radical (unpaired) electrons.